The molecule has 0 bridgehead atoms. The fourth-order valence-corrected chi connectivity index (χ4v) is 4.23. The number of hydrogen-bond acceptors (Lipinski definition) is 6. The molecule has 0 unspecified atom stereocenters. The molecule has 0 saturated carbocycles. The standard InChI is InChI=1S/C15H16N4O2S2/c1-19(10-5-7-22-8-10)14(21)13(20)18-15-17-12(9-23-15)11-4-2-3-6-16-11/h2-4,6,9-10H,5,7-8H2,1H3,(H,17,18,20)/t10-/m0/s1. The first-order chi connectivity index (χ1) is 11.1. The van der Waals surface area contributed by atoms with Crippen molar-refractivity contribution in [3.05, 3.63) is 29.8 Å². The summed E-state index contributed by atoms with van der Waals surface area (Å²) in [6.07, 6.45) is 2.62. The van der Waals surface area contributed by atoms with Crippen LogP contribution in [0, 0.1) is 0 Å². The zero-order valence-electron chi connectivity index (χ0n) is 12.6. The first kappa shape index (κ1) is 15.9. The molecule has 1 saturated heterocycles. The van der Waals surface area contributed by atoms with Gasteiger partial charge in [-0.1, -0.05) is 6.07 Å². The number of thioether (sulfide) groups is 1. The van der Waals surface area contributed by atoms with Crippen molar-refractivity contribution in [1.29, 1.82) is 0 Å². The highest BCUT2D eigenvalue weighted by molar-refractivity contribution is 7.99. The Morgan fingerprint density at radius 2 is 2.22 bits per heavy atom. The number of likely N-dealkylation sites (N-methyl/N-ethyl adjacent to an activating group) is 1. The lowest BCUT2D eigenvalue weighted by molar-refractivity contribution is -0.143. The van der Waals surface area contributed by atoms with Crippen LogP contribution in [0.3, 0.4) is 0 Å². The van der Waals surface area contributed by atoms with Gasteiger partial charge in [0.1, 0.15) is 5.69 Å². The number of thiazole rings is 1. The summed E-state index contributed by atoms with van der Waals surface area (Å²) in [5.41, 5.74) is 1.41. The monoisotopic (exact) mass is 348 g/mol. The van der Waals surface area contributed by atoms with Crippen LogP contribution in [-0.4, -0.2) is 51.3 Å². The van der Waals surface area contributed by atoms with Crippen molar-refractivity contribution >= 4 is 40.0 Å². The summed E-state index contributed by atoms with van der Waals surface area (Å²) in [6.45, 7) is 0. The molecule has 0 aliphatic carbocycles. The van der Waals surface area contributed by atoms with Gasteiger partial charge in [0.05, 0.1) is 5.69 Å². The lowest BCUT2D eigenvalue weighted by atomic mass is 10.2. The van der Waals surface area contributed by atoms with E-state index in [0.29, 0.717) is 10.8 Å². The van der Waals surface area contributed by atoms with E-state index in [9.17, 15) is 9.59 Å². The predicted octanol–water partition coefficient (Wildman–Crippen LogP) is 2.11. The average Bonchev–Trinajstić information content (AvgIpc) is 3.26. The van der Waals surface area contributed by atoms with Gasteiger partial charge in [0, 0.05) is 30.4 Å². The van der Waals surface area contributed by atoms with Crippen molar-refractivity contribution in [1.82, 2.24) is 14.9 Å². The van der Waals surface area contributed by atoms with Crippen LogP contribution < -0.4 is 5.32 Å². The van der Waals surface area contributed by atoms with E-state index in [-0.39, 0.29) is 6.04 Å². The van der Waals surface area contributed by atoms with E-state index in [2.05, 4.69) is 15.3 Å². The molecule has 120 valence electrons. The van der Waals surface area contributed by atoms with Crippen LogP contribution in [0.5, 0.6) is 0 Å². The van der Waals surface area contributed by atoms with Crippen molar-refractivity contribution in [2.45, 2.75) is 12.5 Å². The van der Waals surface area contributed by atoms with Gasteiger partial charge in [0.2, 0.25) is 0 Å². The molecule has 1 aliphatic rings. The van der Waals surface area contributed by atoms with Crippen LogP contribution in [0.25, 0.3) is 11.4 Å². The number of anilines is 1. The average molecular weight is 348 g/mol. The number of nitrogens with one attached hydrogen (secondary N) is 1. The fraction of sp³-hybridized carbons (Fsp3) is 0.333. The van der Waals surface area contributed by atoms with Crippen molar-refractivity contribution < 1.29 is 9.59 Å². The molecule has 0 spiro atoms. The maximum atomic E-state index is 12.2. The zero-order valence-corrected chi connectivity index (χ0v) is 14.2. The number of carbonyl (C=O) groups is 2. The topological polar surface area (TPSA) is 75.2 Å². The maximum absolute atomic E-state index is 12.2. The molecule has 1 aliphatic heterocycles. The van der Waals surface area contributed by atoms with Crippen LogP contribution in [-0.2, 0) is 9.59 Å². The van der Waals surface area contributed by atoms with Crippen LogP contribution in [0.1, 0.15) is 6.42 Å². The van der Waals surface area contributed by atoms with Gasteiger partial charge in [-0.05, 0) is 24.3 Å². The second-order valence-corrected chi connectivity index (χ2v) is 7.15. The summed E-state index contributed by atoms with van der Waals surface area (Å²) in [6, 6.07) is 5.68. The lowest BCUT2D eigenvalue weighted by Crippen LogP contribution is -2.43. The van der Waals surface area contributed by atoms with Gasteiger partial charge in [-0.3, -0.25) is 19.9 Å². The number of rotatable bonds is 3. The molecule has 3 rings (SSSR count). The Labute approximate surface area is 142 Å². The van der Waals surface area contributed by atoms with Crippen molar-refractivity contribution in [2.24, 2.45) is 0 Å². The minimum atomic E-state index is -0.647. The van der Waals surface area contributed by atoms with Gasteiger partial charge < -0.3 is 4.90 Å². The quantitative estimate of drug-likeness (QED) is 0.860. The molecule has 1 atom stereocenters. The molecule has 2 aromatic heterocycles. The lowest BCUT2D eigenvalue weighted by Gasteiger charge is -2.22. The van der Waals surface area contributed by atoms with Crippen molar-refractivity contribution in [3.8, 4) is 11.4 Å². The van der Waals surface area contributed by atoms with Gasteiger partial charge in [-0.2, -0.15) is 11.8 Å². The van der Waals surface area contributed by atoms with E-state index >= 15 is 0 Å². The van der Waals surface area contributed by atoms with Gasteiger partial charge in [-0.15, -0.1) is 11.3 Å². The second-order valence-electron chi connectivity index (χ2n) is 5.14. The Kier molecular flexibility index (Phi) is 4.92. The Morgan fingerprint density at radius 1 is 1.35 bits per heavy atom. The molecule has 0 aromatic carbocycles. The fourth-order valence-electron chi connectivity index (χ4n) is 2.27. The third-order valence-corrected chi connectivity index (χ3v) is 5.52. The zero-order chi connectivity index (χ0) is 16.2. The molecule has 0 radical (unpaired) electrons. The summed E-state index contributed by atoms with van der Waals surface area (Å²) in [4.78, 5) is 34.3. The highest BCUT2D eigenvalue weighted by Crippen LogP contribution is 2.24. The number of carbonyl (C=O) groups excluding carboxylic acids is 2. The number of aromatic nitrogens is 2. The third-order valence-electron chi connectivity index (χ3n) is 3.62. The van der Waals surface area contributed by atoms with Gasteiger partial charge in [0.15, 0.2) is 5.13 Å². The van der Waals surface area contributed by atoms with Crippen molar-refractivity contribution in [2.75, 3.05) is 23.9 Å². The number of nitrogens with zero attached hydrogens (tertiary/aromatic N) is 3. The largest absolute Gasteiger partial charge is 0.334 e. The summed E-state index contributed by atoms with van der Waals surface area (Å²) >= 11 is 3.08. The number of amides is 2. The SMILES string of the molecule is CN(C(=O)C(=O)Nc1nc(-c2ccccn2)cs1)[C@H]1CCSC1. The molecule has 2 amide bonds. The highest BCUT2D eigenvalue weighted by atomic mass is 32.2. The van der Waals surface area contributed by atoms with Gasteiger partial charge >= 0.3 is 11.8 Å². The first-order valence-electron chi connectivity index (χ1n) is 7.18. The van der Waals surface area contributed by atoms with Crippen LogP contribution in [0.4, 0.5) is 5.13 Å². The summed E-state index contributed by atoms with van der Waals surface area (Å²) in [7, 11) is 1.68. The normalized spacial score (nSPS) is 17.0. The summed E-state index contributed by atoms with van der Waals surface area (Å²) in [5, 5.41) is 4.79. The van der Waals surface area contributed by atoms with Crippen molar-refractivity contribution in [3.63, 3.8) is 0 Å². The molecular weight excluding hydrogens is 332 g/mol. The Balaban J connectivity index is 1.64. The molecular formula is C15H16N4O2S2. The minimum absolute atomic E-state index is 0.138. The Hall–Kier alpha value is -1.93. The first-order valence-corrected chi connectivity index (χ1v) is 9.21. The van der Waals surface area contributed by atoms with Crippen LogP contribution in [0.2, 0.25) is 0 Å². The predicted molar refractivity (Wildman–Crippen MR) is 92.5 cm³/mol. The van der Waals surface area contributed by atoms with E-state index < -0.39 is 11.8 Å². The van der Waals surface area contributed by atoms with Crippen LogP contribution in [0.15, 0.2) is 29.8 Å². The van der Waals surface area contributed by atoms with E-state index in [1.165, 1.54) is 16.2 Å². The Bertz CT molecular complexity index is 699. The molecule has 6 nitrogen and oxygen atoms in total. The van der Waals surface area contributed by atoms with E-state index in [1.54, 1.807) is 30.4 Å². The Morgan fingerprint density at radius 3 is 2.91 bits per heavy atom. The van der Waals surface area contributed by atoms with E-state index in [4.69, 9.17) is 0 Å². The molecule has 2 aromatic rings. The second kappa shape index (κ2) is 7.10. The number of pyridine rings is 1. The van der Waals surface area contributed by atoms with Gasteiger partial charge in [-0.25, -0.2) is 4.98 Å². The molecule has 3 heterocycles. The minimum Gasteiger partial charge on any atom is -0.334 e. The molecule has 1 N–H and O–H groups in total. The molecule has 23 heavy (non-hydrogen) atoms. The summed E-state index contributed by atoms with van der Waals surface area (Å²) in [5.74, 6) is 0.749. The number of hydrogen-bond donors (Lipinski definition) is 1. The maximum Gasteiger partial charge on any atom is 0.315 e. The van der Waals surface area contributed by atoms with E-state index in [1.807, 2.05) is 18.2 Å². The molecule has 8 heteroatoms. The highest BCUT2D eigenvalue weighted by Gasteiger charge is 2.28. The van der Waals surface area contributed by atoms with Crippen LogP contribution >= 0.6 is 23.1 Å². The smallest absolute Gasteiger partial charge is 0.315 e. The molecule has 1 fully saturated rings. The summed E-state index contributed by atoms with van der Waals surface area (Å²) < 4.78 is 0. The van der Waals surface area contributed by atoms with E-state index in [0.717, 1.165) is 23.6 Å². The van der Waals surface area contributed by atoms with Gasteiger partial charge in [0.25, 0.3) is 0 Å². The third kappa shape index (κ3) is 3.70.